The molecule has 0 radical (unpaired) electrons. The fourth-order valence-corrected chi connectivity index (χ4v) is 1.53. The molecule has 1 aromatic carbocycles. The number of aromatic nitrogens is 2. The molecule has 1 aromatic heterocycles. The second-order valence-corrected chi connectivity index (χ2v) is 3.77. The Balaban J connectivity index is 2.05. The summed E-state index contributed by atoms with van der Waals surface area (Å²) in [6.07, 6.45) is 4.71. The lowest BCUT2D eigenvalue weighted by atomic mass is 10.1. The molecule has 0 atom stereocenters. The molecule has 0 spiro atoms. The molecule has 3 heteroatoms. The molecule has 3 nitrogen and oxygen atoms in total. The first kappa shape index (κ1) is 12.3. The molecule has 0 aliphatic rings. The van der Waals surface area contributed by atoms with Crippen molar-refractivity contribution in [3.63, 3.8) is 0 Å². The van der Waals surface area contributed by atoms with Gasteiger partial charge >= 0.3 is 0 Å². The SMILES string of the molecule is OCCC#CCc1ccc(-c2ncccn2)cc1. The van der Waals surface area contributed by atoms with Crippen molar-refractivity contribution in [3.8, 4) is 23.2 Å². The monoisotopic (exact) mass is 238 g/mol. The van der Waals surface area contributed by atoms with E-state index >= 15 is 0 Å². The predicted molar refractivity (Wildman–Crippen MR) is 70.7 cm³/mol. The van der Waals surface area contributed by atoms with Gasteiger partial charge in [-0.05, 0) is 11.6 Å². The Bertz CT molecular complexity index is 538. The lowest BCUT2D eigenvalue weighted by molar-refractivity contribution is 0.305. The fourth-order valence-electron chi connectivity index (χ4n) is 1.53. The molecule has 18 heavy (non-hydrogen) atoms. The third kappa shape index (κ3) is 3.41. The van der Waals surface area contributed by atoms with Crippen LogP contribution in [0.2, 0.25) is 0 Å². The van der Waals surface area contributed by atoms with Gasteiger partial charge in [-0.1, -0.05) is 30.2 Å². The van der Waals surface area contributed by atoms with Crippen molar-refractivity contribution in [2.24, 2.45) is 0 Å². The van der Waals surface area contributed by atoms with Crippen molar-refractivity contribution >= 4 is 0 Å². The van der Waals surface area contributed by atoms with E-state index in [-0.39, 0.29) is 6.61 Å². The summed E-state index contributed by atoms with van der Waals surface area (Å²) in [4.78, 5) is 8.40. The Hall–Kier alpha value is -2.18. The zero-order valence-corrected chi connectivity index (χ0v) is 10.0. The maximum Gasteiger partial charge on any atom is 0.159 e. The van der Waals surface area contributed by atoms with Gasteiger partial charge in [-0.3, -0.25) is 0 Å². The molecule has 0 saturated carbocycles. The Morgan fingerprint density at radius 1 is 1.00 bits per heavy atom. The number of rotatable bonds is 3. The fraction of sp³-hybridized carbons (Fsp3) is 0.200. The molecule has 90 valence electrons. The highest BCUT2D eigenvalue weighted by Crippen LogP contribution is 2.14. The van der Waals surface area contributed by atoms with Crippen molar-refractivity contribution in [2.75, 3.05) is 6.61 Å². The standard InChI is InChI=1S/C15H14N2O/c18-12-3-1-2-5-13-6-8-14(9-7-13)15-16-10-4-11-17-15/h4,6-11,18H,3,5,12H2. The van der Waals surface area contributed by atoms with Crippen LogP contribution in [-0.4, -0.2) is 21.7 Å². The highest BCUT2D eigenvalue weighted by Gasteiger charge is 1.98. The smallest absolute Gasteiger partial charge is 0.159 e. The molecule has 0 aliphatic heterocycles. The second-order valence-electron chi connectivity index (χ2n) is 3.77. The molecule has 1 heterocycles. The molecule has 0 saturated heterocycles. The van der Waals surface area contributed by atoms with Gasteiger partial charge in [-0.25, -0.2) is 9.97 Å². The number of aliphatic hydroxyl groups excluding tert-OH is 1. The van der Waals surface area contributed by atoms with Gasteiger partial charge in [-0.15, -0.1) is 5.92 Å². The number of aliphatic hydroxyl groups is 1. The number of hydrogen-bond acceptors (Lipinski definition) is 3. The van der Waals surface area contributed by atoms with Crippen LogP contribution in [0.3, 0.4) is 0 Å². The summed E-state index contributed by atoms with van der Waals surface area (Å²) in [5.74, 6) is 6.66. The number of benzene rings is 1. The largest absolute Gasteiger partial charge is 0.395 e. The molecule has 0 bridgehead atoms. The van der Waals surface area contributed by atoms with Crippen LogP contribution in [0.1, 0.15) is 12.0 Å². The second kappa shape index (κ2) is 6.53. The van der Waals surface area contributed by atoms with Gasteiger partial charge in [0.1, 0.15) is 0 Å². The molecule has 0 fully saturated rings. The molecule has 1 N–H and O–H groups in total. The summed E-state index contributed by atoms with van der Waals surface area (Å²) >= 11 is 0. The van der Waals surface area contributed by atoms with E-state index in [2.05, 4.69) is 21.8 Å². The predicted octanol–water partition coefficient (Wildman–Crippen LogP) is 2.07. The van der Waals surface area contributed by atoms with Crippen molar-refractivity contribution < 1.29 is 5.11 Å². The molecule has 0 amide bonds. The Kier molecular flexibility index (Phi) is 4.46. The highest BCUT2D eigenvalue weighted by atomic mass is 16.2. The third-order valence-electron chi connectivity index (χ3n) is 2.43. The van der Waals surface area contributed by atoms with E-state index in [1.54, 1.807) is 18.5 Å². The van der Waals surface area contributed by atoms with Crippen LogP contribution in [0.5, 0.6) is 0 Å². The number of nitrogens with zero attached hydrogens (tertiary/aromatic N) is 2. The van der Waals surface area contributed by atoms with E-state index in [1.165, 1.54) is 0 Å². The van der Waals surface area contributed by atoms with Crippen LogP contribution in [0.25, 0.3) is 11.4 Å². The zero-order chi connectivity index (χ0) is 12.6. The van der Waals surface area contributed by atoms with Gasteiger partial charge < -0.3 is 5.11 Å². The summed E-state index contributed by atoms with van der Waals surface area (Å²) in [7, 11) is 0. The summed E-state index contributed by atoms with van der Waals surface area (Å²) in [5, 5.41) is 8.61. The van der Waals surface area contributed by atoms with Crippen LogP contribution in [0, 0.1) is 11.8 Å². The molecular formula is C15H14N2O. The van der Waals surface area contributed by atoms with Gasteiger partial charge in [0.15, 0.2) is 5.82 Å². The average molecular weight is 238 g/mol. The molecule has 2 rings (SSSR count). The average Bonchev–Trinajstić information content (AvgIpc) is 2.45. The first-order chi connectivity index (χ1) is 8.90. The maximum atomic E-state index is 8.61. The topological polar surface area (TPSA) is 46.0 Å². The van der Waals surface area contributed by atoms with E-state index in [0.717, 1.165) is 17.0 Å². The van der Waals surface area contributed by atoms with Crippen LogP contribution in [0.15, 0.2) is 42.7 Å². The minimum Gasteiger partial charge on any atom is -0.395 e. The Labute approximate surface area is 107 Å². The molecule has 0 aliphatic carbocycles. The van der Waals surface area contributed by atoms with Crippen LogP contribution in [-0.2, 0) is 6.42 Å². The quantitative estimate of drug-likeness (QED) is 0.833. The van der Waals surface area contributed by atoms with Gasteiger partial charge in [0.05, 0.1) is 6.61 Å². The first-order valence-corrected chi connectivity index (χ1v) is 5.83. The van der Waals surface area contributed by atoms with E-state index in [0.29, 0.717) is 12.8 Å². The van der Waals surface area contributed by atoms with E-state index in [1.807, 2.05) is 24.3 Å². The van der Waals surface area contributed by atoms with Crippen LogP contribution >= 0.6 is 0 Å². The lowest BCUT2D eigenvalue weighted by Gasteiger charge is -2.00. The van der Waals surface area contributed by atoms with Crippen LogP contribution < -0.4 is 0 Å². The summed E-state index contributed by atoms with van der Waals surface area (Å²) in [6.45, 7) is 0.122. The minimum atomic E-state index is 0.122. The van der Waals surface area contributed by atoms with Crippen LogP contribution in [0.4, 0.5) is 0 Å². The van der Waals surface area contributed by atoms with Crippen molar-refractivity contribution in [2.45, 2.75) is 12.8 Å². The minimum absolute atomic E-state index is 0.122. The Morgan fingerprint density at radius 2 is 1.72 bits per heavy atom. The third-order valence-corrected chi connectivity index (χ3v) is 2.43. The summed E-state index contributed by atoms with van der Waals surface area (Å²) in [5.41, 5.74) is 2.16. The van der Waals surface area contributed by atoms with Crippen molar-refractivity contribution in [1.29, 1.82) is 0 Å². The normalized spacial score (nSPS) is 9.61. The van der Waals surface area contributed by atoms with Gasteiger partial charge in [-0.2, -0.15) is 0 Å². The highest BCUT2D eigenvalue weighted by molar-refractivity contribution is 5.54. The van der Waals surface area contributed by atoms with Gasteiger partial charge in [0.25, 0.3) is 0 Å². The molecule has 0 unspecified atom stereocenters. The van der Waals surface area contributed by atoms with Gasteiger partial charge in [0.2, 0.25) is 0 Å². The van der Waals surface area contributed by atoms with E-state index < -0.39 is 0 Å². The zero-order valence-electron chi connectivity index (χ0n) is 10.0. The summed E-state index contributed by atoms with van der Waals surface area (Å²) in [6, 6.07) is 9.85. The van der Waals surface area contributed by atoms with E-state index in [4.69, 9.17) is 5.11 Å². The first-order valence-electron chi connectivity index (χ1n) is 5.83. The number of hydrogen-bond donors (Lipinski definition) is 1. The summed E-state index contributed by atoms with van der Waals surface area (Å²) < 4.78 is 0. The van der Waals surface area contributed by atoms with Crippen molar-refractivity contribution in [1.82, 2.24) is 9.97 Å². The Morgan fingerprint density at radius 3 is 2.39 bits per heavy atom. The van der Waals surface area contributed by atoms with Gasteiger partial charge in [0, 0.05) is 30.8 Å². The molecule has 2 aromatic rings. The molecular weight excluding hydrogens is 224 g/mol. The lowest BCUT2D eigenvalue weighted by Crippen LogP contribution is -1.88. The maximum absolute atomic E-state index is 8.61. The van der Waals surface area contributed by atoms with Crippen molar-refractivity contribution in [3.05, 3.63) is 48.3 Å². The van der Waals surface area contributed by atoms with E-state index in [9.17, 15) is 0 Å².